The van der Waals surface area contributed by atoms with E-state index in [-0.39, 0.29) is 5.41 Å². The van der Waals surface area contributed by atoms with E-state index in [1.54, 1.807) is 5.57 Å². The summed E-state index contributed by atoms with van der Waals surface area (Å²) in [4.78, 5) is 0. The molecule has 0 atom stereocenters. The van der Waals surface area contributed by atoms with Crippen molar-refractivity contribution in [1.29, 1.82) is 0 Å². The van der Waals surface area contributed by atoms with Gasteiger partial charge in [0.1, 0.15) is 0 Å². The Morgan fingerprint density at radius 2 is 1.84 bits per heavy atom. The zero-order valence-corrected chi connectivity index (χ0v) is 12.5. The van der Waals surface area contributed by atoms with Crippen molar-refractivity contribution in [2.24, 2.45) is 5.92 Å². The zero-order chi connectivity index (χ0) is 13.5. The van der Waals surface area contributed by atoms with Crippen LogP contribution < -0.4 is 0 Å². The smallest absolute Gasteiger partial charge is 0.0514 e. The molecule has 0 nitrogen and oxygen atoms in total. The minimum absolute atomic E-state index is 0.247. The summed E-state index contributed by atoms with van der Waals surface area (Å²) in [5.74, 6) is 2.49. The highest BCUT2D eigenvalue weighted by atomic mass is 14.3. The van der Waals surface area contributed by atoms with Crippen molar-refractivity contribution >= 4 is 0 Å². The van der Waals surface area contributed by atoms with Crippen molar-refractivity contribution in [2.45, 2.75) is 58.3 Å². The Morgan fingerprint density at radius 1 is 1.11 bits per heavy atom. The number of allylic oxidation sites excluding steroid dienone is 2. The van der Waals surface area contributed by atoms with Gasteiger partial charge >= 0.3 is 0 Å². The van der Waals surface area contributed by atoms with Crippen molar-refractivity contribution in [3.05, 3.63) is 53.0 Å². The van der Waals surface area contributed by atoms with E-state index in [1.807, 2.05) is 0 Å². The van der Waals surface area contributed by atoms with Gasteiger partial charge in [-0.3, -0.25) is 0 Å². The lowest BCUT2D eigenvalue weighted by Gasteiger charge is -2.20. The van der Waals surface area contributed by atoms with Crippen LogP contribution in [0.3, 0.4) is 0 Å². The molecule has 1 aromatic carbocycles. The Balaban J connectivity index is 1.65. The summed E-state index contributed by atoms with van der Waals surface area (Å²) in [6.07, 6.45) is 9.54. The highest BCUT2D eigenvalue weighted by molar-refractivity contribution is 5.63. The first kappa shape index (κ1) is 13.0. The molecule has 1 aromatic rings. The average Bonchev–Trinajstić information content (AvgIpc) is 2.92. The molecule has 0 amide bonds. The standard InChI is InChI=1S/C19H25/c1-19(2,3)17-10-6-9-15(12-17)18-13-16(18)11-14-7-4-5-8-14/h6,9-10,12-14H,4-5,7-8,11H2,1-3H3. The molecule has 19 heavy (non-hydrogen) atoms. The van der Waals surface area contributed by atoms with E-state index >= 15 is 0 Å². The summed E-state index contributed by atoms with van der Waals surface area (Å²) in [6, 6.07) is 9.11. The summed E-state index contributed by atoms with van der Waals surface area (Å²) < 4.78 is 0. The van der Waals surface area contributed by atoms with Crippen molar-refractivity contribution in [3.8, 4) is 0 Å². The van der Waals surface area contributed by atoms with Crippen molar-refractivity contribution in [1.82, 2.24) is 0 Å². The summed E-state index contributed by atoms with van der Waals surface area (Å²) in [5, 5.41) is 0. The minimum Gasteiger partial charge on any atom is -0.0679 e. The third-order valence-corrected chi connectivity index (χ3v) is 4.60. The topological polar surface area (TPSA) is 0 Å². The van der Waals surface area contributed by atoms with Gasteiger partial charge in [-0.05, 0) is 28.9 Å². The summed E-state index contributed by atoms with van der Waals surface area (Å²) >= 11 is 0. The Bertz CT molecular complexity index is 481. The third kappa shape index (κ3) is 2.94. The van der Waals surface area contributed by atoms with Gasteiger partial charge < -0.3 is 0 Å². The SMILES string of the molecule is CC(C)(C)c1cccc([C]2C=C2CC2CCCC2)c1. The molecule has 1 radical (unpaired) electrons. The second-order valence-electron chi connectivity index (χ2n) is 7.27. The second kappa shape index (κ2) is 4.81. The molecule has 0 aromatic heterocycles. The molecule has 3 rings (SSSR count). The van der Waals surface area contributed by atoms with Gasteiger partial charge in [0, 0.05) is 0 Å². The molecule has 1 saturated carbocycles. The van der Waals surface area contributed by atoms with Crippen LogP contribution in [0.4, 0.5) is 0 Å². The van der Waals surface area contributed by atoms with Gasteiger partial charge in [0.05, 0.1) is 5.92 Å². The number of hydrogen-bond acceptors (Lipinski definition) is 0. The first-order valence-electron chi connectivity index (χ1n) is 7.73. The molecule has 0 saturated heterocycles. The van der Waals surface area contributed by atoms with Crippen molar-refractivity contribution in [2.75, 3.05) is 0 Å². The summed E-state index contributed by atoms with van der Waals surface area (Å²) in [7, 11) is 0. The van der Waals surface area contributed by atoms with Crippen LogP contribution in [0.5, 0.6) is 0 Å². The first-order chi connectivity index (χ1) is 9.04. The van der Waals surface area contributed by atoms with E-state index in [4.69, 9.17) is 0 Å². The highest BCUT2D eigenvalue weighted by Gasteiger charge is 2.30. The van der Waals surface area contributed by atoms with Crippen LogP contribution in [-0.4, -0.2) is 0 Å². The van der Waals surface area contributed by atoms with E-state index in [1.165, 1.54) is 49.1 Å². The lowest BCUT2D eigenvalue weighted by atomic mass is 9.85. The van der Waals surface area contributed by atoms with Gasteiger partial charge in [-0.1, -0.05) is 82.4 Å². The molecule has 0 spiro atoms. The van der Waals surface area contributed by atoms with Crippen LogP contribution in [0.15, 0.2) is 35.9 Å². The molecular weight excluding hydrogens is 228 g/mol. The van der Waals surface area contributed by atoms with Gasteiger partial charge in [-0.25, -0.2) is 0 Å². The average molecular weight is 253 g/mol. The highest BCUT2D eigenvalue weighted by Crippen LogP contribution is 2.45. The first-order valence-corrected chi connectivity index (χ1v) is 7.73. The van der Waals surface area contributed by atoms with Crippen LogP contribution in [0, 0.1) is 11.8 Å². The molecule has 101 valence electrons. The van der Waals surface area contributed by atoms with Gasteiger partial charge in [-0.2, -0.15) is 0 Å². The van der Waals surface area contributed by atoms with E-state index < -0.39 is 0 Å². The maximum Gasteiger partial charge on any atom is 0.0514 e. The monoisotopic (exact) mass is 253 g/mol. The molecule has 0 heteroatoms. The van der Waals surface area contributed by atoms with E-state index in [9.17, 15) is 0 Å². The quantitative estimate of drug-likeness (QED) is 0.674. The Hall–Kier alpha value is -1.04. The Labute approximate surface area is 117 Å². The Morgan fingerprint density at radius 3 is 2.53 bits per heavy atom. The number of benzene rings is 1. The molecule has 1 fully saturated rings. The van der Waals surface area contributed by atoms with Gasteiger partial charge in [-0.15, -0.1) is 0 Å². The van der Waals surface area contributed by atoms with Crippen LogP contribution in [0.2, 0.25) is 0 Å². The maximum atomic E-state index is 2.40. The van der Waals surface area contributed by atoms with E-state index in [0.717, 1.165) is 5.92 Å². The van der Waals surface area contributed by atoms with Crippen molar-refractivity contribution in [3.63, 3.8) is 0 Å². The third-order valence-electron chi connectivity index (χ3n) is 4.60. The van der Waals surface area contributed by atoms with E-state index in [0.29, 0.717) is 0 Å². The van der Waals surface area contributed by atoms with Crippen LogP contribution in [0.1, 0.15) is 64.0 Å². The molecule has 0 aliphatic heterocycles. The lowest BCUT2D eigenvalue weighted by Crippen LogP contribution is -2.11. The fraction of sp³-hybridized carbons (Fsp3) is 0.526. The minimum atomic E-state index is 0.247. The molecule has 0 unspecified atom stereocenters. The fourth-order valence-corrected chi connectivity index (χ4v) is 3.25. The normalized spacial score (nSPS) is 20.7. The van der Waals surface area contributed by atoms with Gasteiger partial charge in [0.25, 0.3) is 0 Å². The maximum absolute atomic E-state index is 2.40. The van der Waals surface area contributed by atoms with Crippen LogP contribution in [-0.2, 0) is 5.41 Å². The Kier molecular flexibility index (Phi) is 3.28. The van der Waals surface area contributed by atoms with E-state index in [2.05, 4.69) is 51.1 Å². The number of hydrogen-bond donors (Lipinski definition) is 0. The summed E-state index contributed by atoms with van der Waals surface area (Å²) in [6.45, 7) is 6.86. The lowest BCUT2D eigenvalue weighted by molar-refractivity contribution is 0.551. The van der Waals surface area contributed by atoms with Gasteiger partial charge in [0.2, 0.25) is 0 Å². The molecule has 2 aliphatic rings. The largest absolute Gasteiger partial charge is 0.0679 e. The molecule has 0 heterocycles. The molecule has 0 bridgehead atoms. The fourth-order valence-electron chi connectivity index (χ4n) is 3.25. The van der Waals surface area contributed by atoms with Crippen molar-refractivity contribution < 1.29 is 0 Å². The predicted octanol–water partition coefficient (Wildman–Crippen LogP) is 5.43. The zero-order valence-electron chi connectivity index (χ0n) is 12.5. The second-order valence-corrected chi connectivity index (χ2v) is 7.27. The molecular formula is C19H25. The molecule has 0 N–H and O–H groups in total. The summed E-state index contributed by atoms with van der Waals surface area (Å²) in [5.41, 5.74) is 4.74. The van der Waals surface area contributed by atoms with Crippen LogP contribution in [0.25, 0.3) is 0 Å². The predicted molar refractivity (Wildman–Crippen MR) is 82.1 cm³/mol. The van der Waals surface area contributed by atoms with Crippen LogP contribution >= 0.6 is 0 Å². The van der Waals surface area contributed by atoms with Gasteiger partial charge in [0.15, 0.2) is 0 Å². The molecule has 2 aliphatic carbocycles. The number of rotatable bonds is 3.